The molecule has 2 aromatic rings. The molecule has 0 radical (unpaired) electrons. The van der Waals surface area contributed by atoms with Gasteiger partial charge in [0.15, 0.2) is 0 Å². The van der Waals surface area contributed by atoms with Crippen molar-refractivity contribution in [1.29, 1.82) is 0 Å². The van der Waals surface area contributed by atoms with Crippen molar-refractivity contribution in [3.05, 3.63) is 48.0 Å². The van der Waals surface area contributed by atoms with Crippen molar-refractivity contribution < 1.29 is 19.0 Å². The molecule has 0 aliphatic carbocycles. The molecule has 1 aliphatic heterocycles. The number of carbonyl (C=O) groups excluding carboxylic acids is 1. The van der Waals surface area contributed by atoms with Crippen molar-refractivity contribution in [2.45, 2.75) is 19.1 Å². The van der Waals surface area contributed by atoms with Crippen LogP contribution in [0.3, 0.4) is 0 Å². The highest BCUT2D eigenvalue weighted by Crippen LogP contribution is 2.17. The fourth-order valence-electron chi connectivity index (χ4n) is 2.62. The summed E-state index contributed by atoms with van der Waals surface area (Å²) in [7, 11) is 1.53. The molecule has 132 valence electrons. The summed E-state index contributed by atoms with van der Waals surface area (Å²) in [6, 6.07) is 13.2. The van der Waals surface area contributed by atoms with Crippen LogP contribution in [0.4, 0.5) is 0 Å². The molecule has 2 heterocycles. The van der Waals surface area contributed by atoms with Crippen LogP contribution in [0.5, 0.6) is 11.8 Å². The highest BCUT2D eigenvalue weighted by Gasteiger charge is 2.27. The quantitative estimate of drug-likeness (QED) is 0.762. The van der Waals surface area contributed by atoms with E-state index in [0.717, 1.165) is 12.0 Å². The van der Waals surface area contributed by atoms with Gasteiger partial charge in [0, 0.05) is 25.1 Å². The minimum atomic E-state index is -0.0826. The SMILES string of the molecule is COc1ccc(O[C@@H]2CCN(C(=O)COCc3ccccc3)C2)nn1. The zero-order valence-electron chi connectivity index (χ0n) is 14.1. The zero-order valence-corrected chi connectivity index (χ0v) is 14.1. The van der Waals surface area contributed by atoms with Crippen molar-refractivity contribution in [2.75, 3.05) is 26.8 Å². The van der Waals surface area contributed by atoms with Crippen molar-refractivity contribution >= 4 is 5.91 Å². The first-order chi connectivity index (χ1) is 12.2. The second kappa shape index (κ2) is 8.43. The number of aromatic nitrogens is 2. The van der Waals surface area contributed by atoms with Crippen molar-refractivity contribution in [3.8, 4) is 11.8 Å². The van der Waals surface area contributed by atoms with E-state index in [4.69, 9.17) is 14.2 Å². The summed E-state index contributed by atoms with van der Waals surface area (Å²) >= 11 is 0. The van der Waals surface area contributed by atoms with E-state index in [1.54, 1.807) is 17.0 Å². The molecule has 0 saturated carbocycles. The molecule has 1 aliphatic rings. The maximum absolute atomic E-state index is 12.2. The first kappa shape index (κ1) is 17.2. The fourth-order valence-corrected chi connectivity index (χ4v) is 2.62. The molecule has 0 N–H and O–H groups in total. The number of benzene rings is 1. The minimum Gasteiger partial charge on any atom is -0.480 e. The Morgan fingerprint density at radius 2 is 1.92 bits per heavy atom. The third-order valence-electron chi connectivity index (χ3n) is 3.95. The van der Waals surface area contributed by atoms with Crippen LogP contribution in [0.15, 0.2) is 42.5 Å². The van der Waals surface area contributed by atoms with Crippen LogP contribution in [-0.2, 0) is 16.1 Å². The normalized spacial score (nSPS) is 16.7. The van der Waals surface area contributed by atoms with Gasteiger partial charge in [-0.1, -0.05) is 30.3 Å². The smallest absolute Gasteiger partial charge is 0.248 e. The number of methoxy groups -OCH3 is 1. The van der Waals surface area contributed by atoms with Gasteiger partial charge >= 0.3 is 0 Å². The minimum absolute atomic E-state index is 0.0251. The monoisotopic (exact) mass is 343 g/mol. The van der Waals surface area contributed by atoms with Crippen LogP contribution < -0.4 is 9.47 Å². The topological polar surface area (TPSA) is 73.8 Å². The summed E-state index contributed by atoms with van der Waals surface area (Å²) in [5.74, 6) is 0.842. The molecule has 0 spiro atoms. The van der Waals surface area contributed by atoms with E-state index in [2.05, 4.69) is 10.2 Å². The van der Waals surface area contributed by atoms with Gasteiger partial charge in [-0.15, -0.1) is 10.2 Å². The number of carbonyl (C=O) groups is 1. The summed E-state index contributed by atoms with van der Waals surface area (Å²) < 4.78 is 16.2. The average Bonchev–Trinajstić information content (AvgIpc) is 3.12. The Kier molecular flexibility index (Phi) is 5.79. The lowest BCUT2D eigenvalue weighted by Crippen LogP contribution is -2.33. The van der Waals surface area contributed by atoms with Gasteiger partial charge in [0.2, 0.25) is 17.7 Å². The van der Waals surface area contributed by atoms with Crippen LogP contribution in [0.25, 0.3) is 0 Å². The van der Waals surface area contributed by atoms with Gasteiger partial charge in [0.05, 0.1) is 20.3 Å². The van der Waals surface area contributed by atoms with Crippen LogP contribution in [-0.4, -0.2) is 53.9 Å². The zero-order chi connectivity index (χ0) is 17.5. The number of amides is 1. The number of rotatable bonds is 7. The molecule has 0 unspecified atom stereocenters. The van der Waals surface area contributed by atoms with E-state index in [1.165, 1.54) is 7.11 Å². The van der Waals surface area contributed by atoms with Crippen LogP contribution >= 0.6 is 0 Å². The Morgan fingerprint density at radius 1 is 1.16 bits per heavy atom. The Hall–Kier alpha value is -2.67. The molecule has 1 fully saturated rings. The van der Waals surface area contributed by atoms with Crippen molar-refractivity contribution in [1.82, 2.24) is 15.1 Å². The maximum Gasteiger partial charge on any atom is 0.248 e. The third kappa shape index (κ3) is 4.90. The van der Waals surface area contributed by atoms with E-state index < -0.39 is 0 Å². The Morgan fingerprint density at radius 3 is 2.64 bits per heavy atom. The second-order valence-electron chi connectivity index (χ2n) is 5.76. The molecule has 25 heavy (non-hydrogen) atoms. The lowest BCUT2D eigenvalue weighted by atomic mass is 10.2. The molecular weight excluding hydrogens is 322 g/mol. The van der Waals surface area contributed by atoms with Gasteiger partial charge in [0.1, 0.15) is 12.7 Å². The van der Waals surface area contributed by atoms with E-state index in [0.29, 0.717) is 31.5 Å². The van der Waals surface area contributed by atoms with E-state index in [-0.39, 0.29) is 18.6 Å². The van der Waals surface area contributed by atoms with E-state index in [1.807, 2.05) is 30.3 Å². The predicted octanol–water partition coefficient (Wildman–Crippen LogP) is 1.68. The Bertz CT molecular complexity index is 678. The number of hydrogen-bond donors (Lipinski definition) is 0. The molecule has 1 aromatic heterocycles. The Balaban J connectivity index is 1.41. The van der Waals surface area contributed by atoms with Gasteiger partial charge in [-0.25, -0.2) is 0 Å². The molecule has 1 atom stereocenters. The van der Waals surface area contributed by atoms with Crippen LogP contribution in [0.2, 0.25) is 0 Å². The third-order valence-corrected chi connectivity index (χ3v) is 3.95. The van der Waals surface area contributed by atoms with Crippen molar-refractivity contribution in [2.24, 2.45) is 0 Å². The molecule has 7 nitrogen and oxygen atoms in total. The summed E-state index contributed by atoms with van der Waals surface area (Å²) in [5, 5.41) is 7.81. The standard InChI is InChI=1S/C18H21N3O4/c1-23-16-7-8-17(20-19-16)25-15-9-10-21(11-15)18(22)13-24-12-14-5-3-2-4-6-14/h2-8,15H,9-13H2,1H3/t15-/m1/s1. The fraction of sp³-hybridized carbons (Fsp3) is 0.389. The summed E-state index contributed by atoms with van der Waals surface area (Å²) in [5.41, 5.74) is 1.05. The van der Waals surface area contributed by atoms with Gasteiger partial charge in [0.25, 0.3) is 0 Å². The number of hydrogen-bond acceptors (Lipinski definition) is 6. The number of ether oxygens (including phenoxy) is 3. The lowest BCUT2D eigenvalue weighted by molar-refractivity contribution is -0.135. The molecular formula is C18H21N3O4. The van der Waals surface area contributed by atoms with Crippen molar-refractivity contribution in [3.63, 3.8) is 0 Å². The molecule has 0 bridgehead atoms. The molecule has 7 heteroatoms. The van der Waals surface area contributed by atoms with Gasteiger partial charge in [-0.3, -0.25) is 4.79 Å². The second-order valence-corrected chi connectivity index (χ2v) is 5.76. The predicted molar refractivity (Wildman–Crippen MR) is 90.3 cm³/mol. The van der Waals surface area contributed by atoms with Crippen LogP contribution in [0, 0.1) is 0 Å². The summed E-state index contributed by atoms with van der Waals surface area (Å²) in [6.45, 7) is 1.69. The Labute approximate surface area is 146 Å². The highest BCUT2D eigenvalue weighted by molar-refractivity contribution is 5.77. The molecule has 3 rings (SSSR count). The summed E-state index contributed by atoms with van der Waals surface area (Å²) in [6.07, 6.45) is 0.679. The average molecular weight is 343 g/mol. The first-order valence-corrected chi connectivity index (χ1v) is 8.18. The number of likely N-dealkylation sites (tertiary alicyclic amines) is 1. The summed E-state index contributed by atoms with van der Waals surface area (Å²) in [4.78, 5) is 14.0. The molecule has 1 amide bonds. The van der Waals surface area contributed by atoms with Gasteiger partial charge < -0.3 is 19.1 Å². The molecule has 1 aromatic carbocycles. The van der Waals surface area contributed by atoms with E-state index >= 15 is 0 Å². The van der Waals surface area contributed by atoms with E-state index in [9.17, 15) is 4.79 Å². The van der Waals surface area contributed by atoms with Gasteiger partial charge in [-0.05, 0) is 5.56 Å². The highest BCUT2D eigenvalue weighted by atomic mass is 16.5. The maximum atomic E-state index is 12.2. The lowest BCUT2D eigenvalue weighted by Gasteiger charge is -2.17. The largest absolute Gasteiger partial charge is 0.480 e. The first-order valence-electron chi connectivity index (χ1n) is 8.18. The number of nitrogens with zero attached hydrogens (tertiary/aromatic N) is 3. The molecule has 1 saturated heterocycles. The van der Waals surface area contributed by atoms with Crippen LogP contribution in [0.1, 0.15) is 12.0 Å². The van der Waals surface area contributed by atoms with Gasteiger partial charge in [-0.2, -0.15) is 0 Å².